The zero-order valence-corrected chi connectivity index (χ0v) is 25.0. The summed E-state index contributed by atoms with van der Waals surface area (Å²) < 4.78 is 5.48. The van der Waals surface area contributed by atoms with Crippen LogP contribution in [0.25, 0.3) is 0 Å². The summed E-state index contributed by atoms with van der Waals surface area (Å²) in [6.45, 7) is 6.43. The van der Waals surface area contributed by atoms with Gasteiger partial charge in [-0.2, -0.15) is 0 Å². The standard InChI is InChI=1S/C33H47N3O6/c1-26-7-9-27(10-8-26)36(32(41)29-6-5-25-42-29)28-11-19-34(20-12-28)23-17-33(15-3-2-4-16-33)18-24-35(21-13-30(37)38)22-14-31(39)40/h5-10,25,28H,2-4,11-24H2,1H3,(H,37,38)(H,39,40). The summed E-state index contributed by atoms with van der Waals surface area (Å²) in [6, 6.07) is 11.7. The van der Waals surface area contributed by atoms with Gasteiger partial charge in [-0.15, -0.1) is 0 Å². The van der Waals surface area contributed by atoms with Crippen LogP contribution in [-0.4, -0.2) is 83.2 Å². The molecule has 1 saturated carbocycles. The molecule has 1 aliphatic heterocycles. The molecule has 1 aromatic carbocycles. The van der Waals surface area contributed by atoms with Crippen molar-refractivity contribution < 1.29 is 29.0 Å². The van der Waals surface area contributed by atoms with E-state index in [1.54, 1.807) is 18.4 Å². The smallest absolute Gasteiger partial charge is 0.304 e. The van der Waals surface area contributed by atoms with Crippen molar-refractivity contribution in [1.82, 2.24) is 9.80 Å². The minimum absolute atomic E-state index is 0.0313. The van der Waals surface area contributed by atoms with Crippen LogP contribution >= 0.6 is 0 Å². The van der Waals surface area contributed by atoms with Crippen LogP contribution in [0.3, 0.4) is 0 Å². The number of hydrogen-bond acceptors (Lipinski definition) is 6. The van der Waals surface area contributed by atoms with E-state index in [1.807, 2.05) is 41.0 Å². The lowest BCUT2D eigenvalue weighted by molar-refractivity contribution is -0.137. The zero-order valence-electron chi connectivity index (χ0n) is 25.0. The van der Waals surface area contributed by atoms with Crippen LogP contribution in [0.15, 0.2) is 47.1 Å². The van der Waals surface area contributed by atoms with Gasteiger partial charge in [0.25, 0.3) is 5.91 Å². The number of amides is 1. The first-order valence-electron chi connectivity index (χ1n) is 15.6. The molecule has 9 nitrogen and oxygen atoms in total. The van der Waals surface area contributed by atoms with Crippen LogP contribution in [0.4, 0.5) is 5.69 Å². The van der Waals surface area contributed by atoms with Gasteiger partial charge in [-0.25, -0.2) is 0 Å². The fourth-order valence-corrected chi connectivity index (χ4v) is 6.68. The fourth-order valence-electron chi connectivity index (χ4n) is 6.68. The van der Waals surface area contributed by atoms with Crippen molar-refractivity contribution >= 4 is 23.5 Å². The van der Waals surface area contributed by atoms with Crippen molar-refractivity contribution in [1.29, 1.82) is 0 Å². The van der Waals surface area contributed by atoms with Gasteiger partial charge in [-0.1, -0.05) is 37.0 Å². The quantitative estimate of drug-likeness (QED) is 0.276. The van der Waals surface area contributed by atoms with E-state index in [-0.39, 0.29) is 30.2 Å². The van der Waals surface area contributed by atoms with Crippen LogP contribution in [0.5, 0.6) is 0 Å². The Morgan fingerprint density at radius 2 is 1.55 bits per heavy atom. The molecular weight excluding hydrogens is 534 g/mol. The molecule has 2 aliphatic rings. The molecule has 0 bridgehead atoms. The predicted molar refractivity (Wildman–Crippen MR) is 162 cm³/mol. The molecule has 1 saturated heterocycles. The molecule has 0 unspecified atom stereocenters. The second-order valence-corrected chi connectivity index (χ2v) is 12.3. The number of aryl methyl sites for hydroxylation is 1. The molecule has 1 aromatic heterocycles. The Hall–Kier alpha value is -3.17. The molecule has 0 atom stereocenters. The summed E-state index contributed by atoms with van der Waals surface area (Å²) in [4.78, 5) is 42.3. The van der Waals surface area contributed by atoms with E-state index in [9.17, 15) is 14.4 Å². The van der Waals surface area contributed by atoms with Crippen LogP contribution in [-0.2, 0) is 9.59 Å². The van der Waals surface area contributed by atoms with Gasteiger partial charge in [-0.3, -0.25) is 14.4 Å². The second-order valence-electron chi connectivity index (χ2n) is 12.3. The summed E-state index contributed by atoms with van der Waals surface area (Å²) in [5, 5.41) is 18.3. The number of anilines is 1. The molecule has 2 N–H and O–H groups in total. The largest absolute Gasteiger partial charge is 0.481 e. The van der Waals surface area contributed by atoms with Crippen LogP contribution in [0.2, 0.25) is 0 Å². The number of carboxylic acids is 2. The van der Waals surface area contributed by atoms with Crippen molar-refractivity contribution in [2.75, 3.05) is 44.2 Å². The molecule has 0 radical (unpaired) electrons. The van der Waals surface area contributed by atoms with E-state index < -0.39 is 11.9 Å². The summed E-state index contributed by atoms with van der Waals surface area (Å²) in [5.74, 6) is -1.44. The Kier molecular flexibility index (Phi) is 11.6. The molecule has 9 heteroatoms. The van der Waals surface area contributed by atoms with Crippen molar-refractivity contribution in [3.05, 3.63) is 54.0 Å². The highest BCUT2D eigenvalue weighted by Gasteiger charge is 2.35. The predicted octanol–water partition coefficient (Wildman–Crippen LogP) is 5.68. The molecule has 2 fully saturated rings. The third-order valence-corrected chi connectivity index (χ3v) is 9.30. The fraction of sp³-hybridized carbons (Fsp3) is 0.606. The SMILES string of the molecule is Cc1ccc(N(C(=O)c2ccco2)C2CCN(CCC3(CCN(CCC(=O)O)CCC(=O)O)CCCCC3)CC2)cc1. The lowest BCUT2D eigenvalue weighted by Gasteiger charge is -2.42. The van der Waals surface area contributed by atoms with E-state index in [4.69, 9.17) is 14.6 Å². The number of aliphatic carboxylic acids is 2. The van der Waals surface area contributed by atoms with Crippen molar-refractivity contribution in [3.63, 3.8) is 0 Å². The molecular formula is C33H47N3O6. The lowest BCUT2D eigenvalue weighted by atomic mass is 9.69. The van der Waals surface area contributed by atoms with Gasteiger partial charge in [0.2, 0.25) is 0 Å². The summed E-state index contributed by atoms with van der Waals surface area (Å²) in [5.41, 5.74) is 2.27. The van der Waals surface area contributed by atoms with Crippen LogP contribution in [0.1, 0.15) is 86.7 Å². The number of rotatable bonds is 15. The Labute approximate surface area is 249 Å². The minimum Gasteiger partial charge on any atom is -0.481 e. The van der Waals surface area contributed by atoms with Gasteiger partial charge in [0.15, 0.2) is 5.76 Å². The molecule has 230 valence electrons. The number of carboxylic acid groups (broad SMARTS) is 2. The van der Waals surface area contributed by atoms with E-state index >= 15 is 0 Å². The molecule has 0 spiro atoms. The number of carbonyl (C=O) groups excluding carboxylic acids is 1. The molecule has 1 aliphatic carbocycles. The topological polar surface area (TPSA) is 115 Å². The highest BCUT2D eigenvalue weighted by Crippen LogP contribution is 2.43. The third kappa shape index (κ3) is 9.16. The number of likely N-dealkylation sites (tertiary alicyclic amines) is 1. The highest BCUT2D eigenvalue weighted by atomic mass is 16.4. The number of carbonyl (C=O) groups is 3. The monoisotopic (exact) mass is 581 g/mol. The second kappa shape index (κ2) is 15.3. The number of nitrogens with zero attached hydrogens (tertiary/aromatic N) is 3. The Morgan fingerprint density at radius 3 is 2.12 bits per heavy atom. The van der Waals surface area contributed by atoms with E-state index in [1.165, 1.54) is 32.1 Å². The maximum atomic E-state index is 13.5. The average molecular weight is 582 g/mol. The number of furan rings is 1. The van der Waals surface area contributed by atoms with Crippen molar-refractivity contribution in [3.8, 4) is 0 Å². The van der Waals surface area contributed by atoms with Gasteiger partial charge in [0.05, 0.1) is 19.1 Å². The van der Waals surface area contributed by atoms with Crippen molar-refractivity contribution in [2.45, 2.75) is 83.6 Å². The average Bonchev–Trinajstić information content (AvgIpc) is 3.53. The van der Waals surface area contributed by atoms with Gasteiger partial charge in [0, 0.05) is 37.9 Å². The van der Waals surface area contributed by atoms with E-state index in [2.05, 4.69) is 4.90 Å². The van der Waals surface area contributed by atoms with E-state index in [0.29, 0.717) is 18.8 Å². The first-order valence-corrected chi connectivity index (χ1v) is 15.6. The first-order chi connectivity index (χ1) is 20.2. The first kappa shape index (κ1) is 31.8. The molecule has 2 aromatic rings. The molecule has 2 heterocycles. The Morgan fingerprint density at radius 1 is 0.905 bits per heavy atom. The maximum absolute atomic E-state index is 13.5. The Bertz CT molecular complexity index is 1120. The number of benzene rings is 1. The summed E-state index contributed by atoms with van der Waals surface area (Å²) in [6.07, 6.45) is 11.5. The Balaban J connectivity index is 1.35. The van der Waals surface area contributed by atoms with Crippen LogP contribution in [0, 0.1) is 12.3 Å². The lowest BCUT2D eigenvalue weighted by Crippen LogP contribution is -2.48. The van der Waals surface area contributed by atoms with E-state index in [0.717, 1.165) is 63.1 Å². The summed E-state index contributed by atoms with van der Waals surface area (Å²) >= 11 is 0. The van der Waals surface area contributed by atoms with Gasteiger partial charge >= 0.3 is 11.9 Å². The highest BCUT2D eigenvalue weighted by molar-refractivity contribution is 6.04. The van der Waals surface area contributed by atoms with Gasteiger partial charge in [0.1, 0.15) is 0 Å². The zero-order chi connectivity index (χ0) is 30.0. The van der Waals surface area contributed by atoms with Crippen molar-refractivity contribution in [2.24, 2.45) is 5.41 Å². The number of hydrogen-bond donors (Lipinski definition) is 2. The van der Waals surface area contributed by atoms with Gasteiger partial charge < -0.3 is 29.3 Å². The van der Waals surface area contributed by atoms with Gasteiger partial charge in [-0.05, 0) is 88.2 Å². The molecule has 4 rings (SSSR count). The third-order valence-electron chi connectivity index (χ3n) is 9.30. The molecule has 1 amide bonds. The normalized spacial score (nSPS) is 17.8. The summed E-state index contributed by atoms with van der Waals surface area (Å²) in [7, 11) is 0. The number of piperidine rings is 1. The molecule has 42 heavy (non-hydrogen) atoms. The maximum Gasteiger partial charge on any atom is 0.304 e. The minimum atomic E-state index is -0.849. The van der Waals surface area contributed by atoms with Crippen LogP contribution < -0.4 is 4.90 Å².